The Balaban J connectivity index is 1.20. The molecule has 3 aromatic heterocycles. The molecule has 48 heavy (non-hydrogen) atoms. The highest BCUT2D eigenvalue weighted by Gasteiger charge is 2.18. The van der Waals surface area contributed by atoms with Gasteiger partial charge in [0.2, 0.25) is 0 Å². The van der Waals surface area contributed by atoms with Crippen LogP contribution in [0, 0.1) is 0 Å². The van der Waals surface area contributed by atoms with Gasteiger partial charge >= 0.3 is 0 Å². The Hall–Kier alpha value is -6.45. The number of nitrogens with zero attached hydrogens (tertiary/aromatic N) is 3. The largest absolute Gasteiger partial charge is 0.254 e. The number of pyridine rings is 3. The van der Waals surface area contributed by atoms with E-state index in [0.29, 0.717) is 0 Å². The van der Waals surface area contributed by atoms with Gasteiger partial charge in [-0.25, -0.2) is 4.98 Å². The van der Waals surface area contributed by atoms with Crippen molar-refractivity contribution in [1.82, 2.24) is 15.0 Å². The minimum absolute atomic E-state index is 0.877. The lowest BCUT2D eigenvalue weighted by Crippen LogP contribution is -1.94. The molecule has 0 bridgehead atoms. The maximum absolute atomic E-state index is 5.39. The highest BCUT2D eigenvalue weighted by Crippen LogP contribution is 2.44. The normalized spacial score (nSPS) is 11.8. The molecule has 3 nitrogen and oxygen atoms in total. The van der Waals surface area contributed by atoms with E-state index >= 15 is 0 Å². The fourth-order valence-electron chi connectivity index (χ4n) is 7.57. The third kappa shape index (κ3) is 3.98. The van der Waals surface area contributed by atoms with Gasteiger partial charge in [0.25, 0.3) is 0 Å². The summed E-state index contributed by atoms with van der Waals surface area (Å²) in [6.45, 7) is 0. The molecule has 0 N–H and O–H groups in total. The summed E-state index contributed by atoms with van der Waals surface area (Å²) in [4.78, 5) is 15.0. The van der Waals surface area contributed by atoms with Crippen LogP contribution >= 0.6 is 0 Å². The summed E-state index contributed by atoms with van der Waals surface area (Å²) in [7, 11) is 0. The molecule has 0 aliphatic heterocycles. The van der Waals surface area contributed by atoms with Gasteiger partial charge in [0.15, 0.2) is 0 Å². The molecule has 0 unspecified atom stereocenters. The van der Waals surface area contributed by atoms with E-state index in [1.165, 1.54) is 43.8 Å². The molecule has 10 rings (SSSR count). The van der Waals surface area contributed by atoms with Crippen molar-refractivity contribution in [2.24, 2.45) is 0 Å². The minimum atomic E-state index is 0.877. The van der Waals surface area contributed by atoms with Crippen LogP contribution in [0.2, 0.25) is 0 Å². The number of aromatic nitrogens is 3. The van der Waals surface area contributed by atoms with Gasteiger partial charge in [0.1, 0.15) is 0 Å². The fraction of sp³-hybridized carbons (Fsp3) is 0. The van der Waals surface area contributed by atoms with Gasteiger partial charge < -0.3 is 0 Å². The number of hydrogen-bond acceptors (Lipinski definition) is 3. The third-order valence-electron chi connectivity index (χ3n) is 9.72. The van der Waals surface area contributed by atoms with E-state index in [2.05, 4.69) is 151 Å². The maximum atomic E-state index is 5.39. The second-order valence-electron chi connectivity index (χ2n) is 12.3. The predicted octanol–water partition coefficient (Wildman–Crippen LogP) is 11.8. The lowest BCUT2D eigenvalue weighted by molar-refractivity contribution is 1.37. The van der Waals surface area contributed by atoms with Gasteiger partial charge in [-0.1, -0.05) is 140 Å². The van der Waals surface area contributed by atoms with E-state index in [1.54, 1.807) is 0 Å². The number of benzene rings is 7. The molecule has 0 saturated carbocycles. The van der Waals surface area contributed by atoms with Crippen molar-refractivity contribution in [3.05, 3.63) is 164 Å². The first-order valence-electron chi connectivity index (χ1n) is 16.3. The molecule has 0 aliphatic rings. The van der Waals surface area contributed by atoms with E-state index in [9.17, 15) is 0 Å². The van der Waals surface area contributed by atoms with Crippen LogP contribution in [0.3, 0.4) is 0 Å². The molecular formula is C45H27N3. The lowest BCUT2D eigenvalue weighted by Gasteiger charge is -2.18. The Bertz CT molecular complexity index is 2820. The molecule has 10 aromatic rings. The molecule has 3 heterocycles. The number of hydrogen-bond donors (Lipinski definition) is 0. The van der Waals surface area contributed by atoms with E-state index in [1.807, 2.05) is 18.5 Å². The SMILES string of the molecule is c1ccc(-c2c3ccccc3c(-c3ccc(-c4nc5c(cnc6c5ccc5cccnc56)c5ccccc45)cc3)c3ccccc23)cc1. The van der Waals surface area contributed by atoms with Crippen LogP contribution in [0.4, 0.5) is 0 Å². The third-order valence-corrected chi connectivity index (χ3v) is 9.72. The fourth-order valence-corrected chi connectivity index (χ4v) is 7.57. The summed E-state index contributed by atoms with van der Waals surface area (Å²) in [5.41, 5.74) is 9.70. The average Bonchev–Trinajstić information content (AvgIpc) is 3.16. The van der Waals surface area contributed by atoms with Crippen molar-refractivity contribution in [3.63, 3.8) is 0 Å². The van der Waals surface area contributed by atoms with Crippen molar-refractivity contribution in [1.29, 1.82) is 0 Å². The first-order valence-corrected chi connectivity index (χ1v) is 16.3. The molecule has 0 atom stereocenters. The summed E-state index contributed by atoms with van der Waals surface area (Å²) >= 11 is 0. The van der Waals surface area contributed by atoms with Crippen LogP contribution in [0.25, 0.3) is 98.5 Å². The van der Waals surface area contributed by atoms with Gasteiger partial charge in [-0.15, -0.1) is 0 Å². The standard InChI is InChI=1S/C45H27N3/c1-2-11-28(12-3-1)40-33-15-5-7-17-35(33)41(36-18-8-6-16-34(36)40)29-20-22-31(23-21-29)42-37-19-9-4-14-32(37)39-27-47-45-38(44(39)48-42)25-24-30-13-10-26-46-43(30)45/h1-27H. The van der Waals surface area contributed by atoms with Crippen LogP contribution < -0.4 is 0 Å². The molecular weight excluding hydrogens is 583 g/mol. The van der Waals surface area contributed by atoms with Crippen LogP contribution in [-0.4, -0.2) is 15.0 Å². The minimum Gasteiger partial charge on any atom is -0.254 e. The van der Waals surface area contributed by atoms with E-state index in [0.717, 1.165) is 54.7 Å². The average molecular weight is 610 g/mol. The van der Waals surface area contributed by atoms with Crippen LogP contribution in [0.5, 0.6) is 0 Å². The number of rotatable bonds is 3. The molecule has 0 fully saturated rings. The van der Waals surface area contributed by atoms with Crippen molar-refractivity contribution in [2.75, 3.05) is 0 Å². The summed E-state index contributed by atoms with van der Waals surface area (Å²) in [6.07, 6.45) is 3.79. The lowest BCUT2D eigenvalue weighted by atomic mass is 9.86. The smallest absolute Gasteiger partial charge is 0.0986 e. The summed E-state index contributed by atoms with van der Waals surface area (Å²) in [6, 6.07) is 54.1. The van der Waals surface area contributed by atoms with E-state index < -0.39 is 0 Å². The van der Waals surface area contributed by atoms with Gasteiger partial charge in [-0.3, -0.25) is 9.97 Å². The predicted molar refractivity (Wildman–Crippen MR) is 201 cm³/mol. The molecule has 0 saturated heterocycles. The van der Waals surface area contributed by atoms with Gasteiger partial charge in [-0.05, 0) is 61.3 Å². The van der Waals surface area contributed by atoms with Crippen molar-refractivity contribution in [3.8, 4) is 33.5 Å². The quantitative estimate of drug-likeness (QED) is 0.148. The van der Waals surface area contributed by atoms with Gasteiger partial charge in [-0.2, -0.15) is 0 Å². The zero-order chi connectivity index (χ0) is 31.6. The molecule has 7 aromatic carbocycles. The Morgan fingerprint density at radius 3 is 1.54 bits per heavy atom. The molecule has 0 spiro atoms. The van der Waals surface area contributed by atoms with Crippen LogP contribution in [-0.2, 0) is 0 Å². The first kappa shape index (κ1) is 26.7. The second kappa shape index (κ2) is 10.5. The summed E-state index contributed by atoms with van der Waals surface area (Å²) < 4.78 is 0. The topological polar surface area (TPSA) is 38.7 Å². The summed E-state index contributed by atoms with van der Waals surface area (Å²) in [5, 5.41) is 10.4. The zero-order valence-electron chi connectivity index (χ0n) is 25.9. The van der Waals surface area contributed by atoms with Crippen molar-refractivity contribution >= 4 is 65.0 Å². The maximum Gasteiger partial charge on any atom is 0.0986 e. The Morgan fingerprint density at radius 2 is 0.875 bits per heavy atom. The molecule has 3 heteroatoms. The van der Waals surface area contributed by atoms with Crippen molar-refractivity contribution in [2.45, 2.75) is 0 Å². The van der Waals surface area contributed by atoms with E-state index in [-0.39, 0.29) is 0 Å². The number of fused-ring (bicyclic) bond motifs is 9. The Labute approximate surface area is 276 Å². The van der Waals surface area contributed by atoms with Crippen molar-refractivity contribution < 1.29 is 0 Å². The first-order chi connectivity index (χ1) is 23.8. The van der Waals surface area contributed by atoms with E-state index in [4.69, 9.17) is 9.97 Å². The Kier molecular flexibility index (Phi) is 5.87. The molecule has 222 valence electrons. The van der Waals surface area contributed by atoms with Crippen LogP contribution in [0.15, 0.2) is 164 Å². The Morgan fingerprint density at radius 1 is 0.312 bits per heavy atom. The van der Waals surface area contributed by atoms with Crippen LogP contribution in [0.1, 0.15) is 0 Å². The molecule has 0 radical (unpaired) electrons. The second-order valence-corrected chi connectivity index (χ2v) is 12.3. The van der Waals surface area contributed by atoms with Gasteiger partial charge in [0, 0.05) is 39.5 Å². The molecule has 0 amide bonds. The molecule has 0 aliphatic carbocycles. The monoisotopic (exact) mass is 609 g/mol. The zero-order valence-corrected chi connectivity index (χ0v) is 25.9. The highest BCUT2D eigenvalue weighted by molar-refractivity contribution is 6.22. The summed E-state index contributed by atoms with van der Waals surface area (Å²) in [5.74, 6) is 0. The highest BCUT2D eigenvalue weighted by atomic mass is 14.8. The van der Waals surface area contributed by atoms with Gasteiger partial charge in [0.05, 0.1) is 22.2 Å².